The number of ether oxygens (including phenoxy) is 1. The number of rotatable bonds is 6. The topological polar surface area (TPSA) is 78.8 Å². The van der Waals surface area contributed by atoms with Crippen LogP contribution in [0.4, 0.5) is 11.4 Å². The first-order valence-corrected chi connectivity index (χ1v) is 13.7. The maximum atomic E-state index is 13.2. The van der Waals surface area contributed by atoms with E-state index in [1.807, 2.05) is 38.1 Å². The van der Waals surface area contributed by atoms with Gasteiger partial charge in [0, 0.05) is 43.9 Å². The van der Waals surface area contributed by atoms with Gasteiger partial charge in [0.2, 0.25) is 0 Å². The lowest BCUT2D eigenvalue weighted by molar-refractivity contribution is 0.0990. The lowest BCUT2D eigenvalue weighted by Crippen LogP contribution is -2.35. The zero-order valence-electron chi connectivity index (χ0n) is 22.9. The van der Waals surface area contributed by atoms with Crippen LogP contribution in [0, 0.1) is 0 Å². The summed E-state index contributed by atoms with van der Waals surface area (Å²) in [5.74, 6) is 1.82. The van der Waals surface area contributed by atoms with E-state index in [9.17, 15) is 9.90 Å². The number of piperidine rings is 1. The van der Waals surface area contributed by atoms with E-state index in [1.54, 1.807) is 18.1 Å². The Kier molecular flexibility index (Phi) is 7.65. The van der Waals surface area contributed by atoms with E-state index in [0.29, 0.717) is 6.42 Å². The summed E-state index contributed by atoms with van der Waals surface area (Å²) in [6.07, 6.45) is 5.45. The Morgan fingerprint density at radius 2 is 1.87 bits per heavy atom. The van der Waals surface area contributed by atoms with Gasteiger partial charge in [-0.05, 0) is 68.7 Å². The lowest BCUT2D eigenvalue weighted by atomic mass is 9.89. The molecule has 7 heteroatoms. The highest BCUT2D eigenvalue weighted by Gasteiger charge is 2.27. The van der Waals surface area contributed by atoms with Crippen LogP contribution in [0.2, 0.25) is 0 Å². The molecule has 0 aliphatic carbocycles. The van der Waals surface area contributed by atoms with Crippen LogP contribution in [-0.2, 0) is 19.3 Å². The van der Waals surface area contributed by atoms with Gasteiger partial charge in [0.25, 0.3) is 5.91 Å². The van der Waals surface area contributed by atoms with Crippen molar-refractivity contribution in [3.05, 3.63) is 76.9 Å². The molecule has 1 saturated heterocycles. The van der Waals surface area contributed by atoms with Crippen LogP contribution in [-0.4, -0.2) is 53.3 Å². The minimum Gasteiger partial charge on any atom is -0.491 e. The largest absolute Gasteiger partial charge is 0.491 e. The van der Waals surface area contributed by atoms with Gasteiger partial charge in [-0.15, -0.1) is 0 Å². The summed E-state index contributed by atoms with van der Waals surface area (Å²) in [6, 6.07) is 14.3. The molecule has 2 aromatic carbocycles. The second-order valence-electron chi connectivity index (χ2n) is 10.9. The monoisotopic (exact) mass is 514 g/mol. The molecule has 38 heavy (non-hydrogen) atoms. The van der Waals surface area contributed by atoms with Gasteiger partial charge >= 0.3 is 0 Å². The quantitative estimate of drug-likeness (QED) is 0.502. The third kappa shape index (κ3) is 5.53. The molecule has 1 fully saturated rings. The number of fused-ring (bicyclic) bond motifs is 2. The first-order valence-electron chi connectivity index (χ1n) is 13.7. The zero-order chi connectivity index (χ0) is 26.8. The Morgan fingerprint density at radius 1 is 1.11 bits per heavy atom. The number of aromatic nitrogens is 2. The Hall–Kier alpha value is -3.45. The van der Waals surface area contributed by atoms with Crippen LogP contribution >= 0.6 is 0 Å². The van der Waals surface area contributed by atoms with Crippen molar-refractivity contribution in [1.29, 1.82) is 0 Å². The summed E-state index contributed by atoms with van der Waals surface area (Å²) in [4.78, 5) is 26.8. The van der Waals surface area contributed by atoms with Gasteiger partial charge in [-0.2, -0.15) is 0 Å². The molecule has 7 nitrogen and oxygen atoms in total. The summed E-state index contributed by atoms with van der Waals surface area (Å²) in [5.41, 5.74) is 5.77. The number of benzene rings is 2. The van der Waals surface area contributed by atoms with E-state index in [-0.39, 0.29) is 24.0 Å². The van der Waals surface area contributed by atoms with Crippen LogP contribution < -0.4 is 14.5 Å². The number of aliphatic hydroxyl groups excluding tert-OH is 1. The average Bonchev–Trinajstić information content (AvgIpc) is 2.91. The van der Waals surface area contributed by atoms with Crippen molar-refractivity contribution in [2.75, 3.05) is 29.9 Å². The first-order chi connectivity index (χ1) is 18.3. The molecular weight excluding hydrogens is 476 g/mol. The maximum absolute atomic E-state index is 13.2. The number of aryl methyl sites for hydroxylation is 2. The zero-order valence-corrected chi connectivity index (χ0v) is 22.9. The molecule has 1 unspecified atom stereocenters. The molecule has 1 atom stereocenters. The predicted molar refractivity (Wildman–Crippen MR) is 150 cm³/mol. The van der Waals surface area contributed by atoms with Gasteiger partial charge in [0.1, 0.15) is 11.6 Å². The normalized spacial score (nSPS) is 18.2. The molecule has 5 rings (SSSR count). The Morgan fingerprint density at radius 3 is 2.63 bits per heavy atom. The fraction of sp³-hybridized carbons (Fsp3) is 0.452. The van der Waals surface area contributed by atoms with Gasteiger partial charge in [-0.3, -0.25) is 4.79 Å². The highest BCUT2D eigenvalue weighted by atomic mass is 16.5. The van der Waals surface area contributed by atoms with Gasteiger partial charge in [0.15, 0.2) is 0 Å². The molecule has 1 amide bonds. The Balaban J connectivity index is 1.36. The number of carbonyl (C=O) groups is 1. The first kappa shape index (κ1) is 26.2. The molecule has 1 N–H and O–H groups in total. The van der Waals surface area contributed by atoms with E-state index in [2.05, 4.69) is 35.0 Å². The summed E-state index contributed by atoms with van der Waals surface area (Å²) in [6.45, 7) is 7.95. The summed E-state index contributed by atoms with van der Waals surface area (Å²) in [7, 11) is 1.80. The van der Waals surface area contributed by atoms with Gasteiger partial charge in [0.05, 0.1) is 29.8 Å². The predicted octanol–water partition coefficient (Wildman–Crippen LogP) is 4.95. The lowest BCUT2D eigenvalue weighted by Gasteiger charge is -2.32. The molecule has 200 valence electrons. The van der Waals surface area contributed by atoms with Crippen LogP contribution in [0.25, 0.3) is 0 Å². The number of nitrogens with zero attached hydrogens (tertiary/aromatic N) is 4. The van der Waals surface area contributed by atoms with Crippen LogP contribution in [0.3, 0.4) is 0 Å². The van der Waals surface area contributed by atoms with Crippen molar-refractivity contribution in [2.45, 2.75) is 71.0 Å². The number of aliphatic hydroxyl groups is 1. The average molecular weight is 515 g/mol. The van der Waals surface area contributed by atoms with E-state index in [4.69, 9.17) is 9.72 Å². The standard InChI is InChI=1S/C31H38N4O3/c1-20(2)38-29-18-23(35-15-13-24(36)14-16-35)11-9-22(29)10-12-30-32-19-28-27(33-30)17-21(3)25-7-5-6-8-26(25)31(37)34(28)4/h5-9,11,18-21,24,36H,10,12-17H2,1-4H3. The number of anilines is 2. The second-order valence-corrected chi connectivity index (χ2v) is 10.9. The van der Waals surface area contributed by atoms with Crippen LogP contribution in [0.15, 0.2) is 48.7 Å². The van der Waals surface area contributed by atoms with E-state index >= 15 is 0 Å². The molecule has 0 spiro atoms. The molecule has 2 aliphatic rings. The van der Waals surface area contributed by atoms with Crippen molar-refractivity contribution in [2.24, 2.45) is 0 Å². The molecule has 3 aromatic rings. The molecule has 1 aromatic heterocycles. The van der Waals surface area contributed by atoms with Crippen LogP contribution in [0.1, 0.15) is 72.5 Å². The number of hydrogen-bond acceptors (Lipinski definition) is 6. The molecule has 0 saturated carbocycles. The second kappa shape index (κ2) is 11.1. The van der Waals surface area contributed by atoms with Gasteiger partial charge < -0.3 is 19.6 Å². The Labute approximate surface area is 225 Å². The highest BCUT2D eigenvalue weighted by Crippen LogP contribution is 2.33. The minimum absolute atomic E-state index is 0.0245. The third-order valence-electron chi connectivity index (χ3n) is 7.64. The summed E-state index contributed by atoms with van der Waals surface area (Å²) < 4.78 is 6.22. The molecule has 0 radical (unpaired) electrons. The molecule has 0 bridgehead atoms. The minimum atomic E-state index is -0.196. The van der Waals surface area contributed by atoms with Crippen molar-refractivity contribution >= 4 is 17.3 Å². The van der Waals surface area contributed by atoms with E-state index < -0.39 is 0 Å². The third-order valence-corrected chi connectivity index (χ3v) is 7.64. The van der Waals surface area contributed by atoms with Gasteiger partial charge in [-0.25, -0.2) is 9.97 Å². The SMILES string of the molecule is CC(C)Oc1cc(N2CCC(O)CC2)ccc1CCc1ncc2c(n1)CC(C)c1ccccc1C(=O)N2C. The summed E-state index contributed by atoms with van der Waals surface area (Å²) in [5, 5.41) is 9.88. The van der Waals surface area contributed by atoms with Crippen molar-refractivity contribution in [3.8, 4) is 5.75 Å². The molecule has 2 aliphatic heterocycles. The van der Waals surface area contributed by atoms with Gasteiger partial charge in [-0.1, -0.05) is 31.2 Å². The molecular formula is C31H38N4O3. The van der Waals surface area contributed by atoms with E-state index in [1.165, 1.54) is 0 Å². The fourth-order valence-corrected chi connectivity index (χ4v) is 5.50. The Bertz CT molecular complexity index is 1300. The van der Waals surface area contributed by atoms with Crippen molar-refractivity contribution in [1.82, 2.24) is 9.97 Å². The molecule has 3 heterocycles. The van der Waals surface area contributed by atoms with E-state index in [0.717, 1.165) is 84.1 Å². The smallest absolute Gasteiger partial charge is 0.258 e. The van der Waals surface area contributed by atoms with Crippen LogP contribution in [0.5, 0.6) is 5.75 Å². The number of amides is 1. The number of hydrogen-bond donors (Lipinski definition) is 1. The summed E-state index contributed by atoms with van der Waals surface area (Å²) >= 11 is 0. The van der Waals surface area contributed by atoms with Crippen molar-refractivity contribution < 1.29 is 14.6 Å². The maximum Gasteiger partial charge on any atom is 0.258 e. The fourth-order valence-electron chi connectivity index (χ4n) is 5.50. The van der Waals surface area contributed by atoms with Crippen molar-refractivity contribution in [3.63, 3.8) is 0 Å². The highest BCUT2D eigenvalue weighted by molar-refractivity contribution is 6.07. The number of carbonyl (C=O) groups excluding carboxylic acids is 1.